The van der Waals surface area contributed by atoms with Crippen molar-refractivity contribution >= 4 is 29.7 Å². The molecule has 3 atom stereocenters. The third kappa shape index (κ3) is 5.48. The first-order chi connectivity index (χ1) is 16.9. The van der Waals surface area contributed by atoms with Crippen LogP contribution in [-0.4, -0.2) is 57.8 Å². The molecular weight excluding hydrogens is 464 g/mol. The van der Waals surface area contributed by atoms with Crippen molar-refractivity contribution in [3.8, 4) is 11.1 Å². The zero-order chi connectivity index (χ0) is 24.9. The zero-order valence-electron chi connectivity index (χ0n) is 20.1. The second kappa shape index (κ2) is 11.2. The molecule has 0 saturated carbocycles. The number of aliphatic carboxylic acids is 1. The van der Waals surface area contributed by atoms with E-state index in [1.54, 1.807) is 0 Å². The van der Waals surface area contributed by atoms with E-state index in [2.05, 4.69) is 29.6 Å². The fourth-order valence-electron chi connectivity index (χ4n) is 5.01. The van der Waals surface area contributed by atoms with Crippen LogP contribution < -0.4 is 5.32 Å². The Labute approximate surface area is 210 Å². The van der Waals surface area contributed by atoms with E-state index in [0.29, 0.717) is 12.2 Å². The molecule has 2 aromatic rings. The molecule has 1 saturated heterocycles. The Morgan fingerprint density at radius 3 is 2.34 bits per heavy atom. The molecule has 2 aliphatic rings. The number of carbonyl (C=O) groups excluding carboxylic acids is 2. The van der Waals surface area contributed by atoms with Crippen molar-refractivity contribution in [3.05, 3.63) is 59.7 Å². The van der Waals surface area contributed by atoms with Gasteiger partial charge in [0.15, 0.2) is 0 Å². The molecule has 0 aromatic heterocycles. The van der Waals surface area contributed by atoms with Gasteiger partial charge in [0, 0.05) is 24.1 Å². The highest BCUT2D eigenvalue weighted by molar-refractivity contribution is 8.00. The topological polar surface area (TPSA) is 95.9 Å². The molecule has 2 aromatic carbocycles. The van der Waals surface area contributed by atoms with E-state index in [4.69, 9.17) is 4.74 Å². The number of nitrogens with zero attached hydrogens (tertiary/aromatic N) is 1. The summed E-state index contributed by atoms with van der Waals surface area (Å²) in [6.45, 7) is 4.09. The van der Waals surface area contributed by atoms with E-state index >= 15 is 0 Å². The minimum absolute atomic E-state index is 0.0392. The summed E-state index contributed by atoms with van der Waals surface area (Å²) in [7, 11) is 0. The van der Waals surface area contributed by atoms with Gasteiger partial charge in [-0.15, -0.1) is 11.8 Å². The maximum atomic E-state index is 13.0. The third-order valence-corrected chi connectivity index (χ3v) is 8.01. The van der Waals surface area contributed by atoms with Gasteiger partial charge in [-0.3, -0.25) is 4.79 Å². The number of carboxylic acids is 1. The molecule has 0 radical (unpaired) electrons. The highest BCUT2D eigenvalue weighted by Crippen LogP contribution is 2.44. The van der Waals surface area contributed by atoms with Crippen LogP contribution in [0, 0.1) is 0 Å². The van der Waals surface area contributed by atoms with Gasteiger partial charge in [0.05, 0.1) is 5.37 Å². The summed E-state index contributed by atoms with van der Waals surface area (Å²) >= 11 is 1.45. The Morgan fingerprint density at radius 2 is 1.74 bits per heavy atom. The molecule has 1 heterocycles. The summed E-state index contributed by atoms with van der Waals surface area (Å²) in [4.78, 5) is 38.8. The average Bonchev–Trinajstić information content (AvgIpc) is 3.39. The number of thioether (sulfide) groups is 1. The number of fused-ring (bicyclic) bond motifs is 3. The maximum Gasteiger partial charge on any atom is 0.407 e. The van der Waals surface area contributed by atoms with Gasteiger partial charge in [-0.25, -0.2) is 9.59 Å². The number of ether oxygens (including phenoxy) is 1. The number of hydrogen-bond acceptors (Lipinski definition) is 5. The number of rotatable bonds is 9. The predicted molar refractivity (Wildman–Crippen MR) is 136 cm³/mol. The average molecular weight is 497 g/mol. The van der Waals surface area contributed by atoms with Gasteiger partial charge in [-0.05, 0) is 35.6 Å². The molecule has 4 rings (SSSR count). The van der Waals surface area contributed by atoms with Crippen molar-refractivity contribution in [2.45, 2.75) is 62.9 Å². The van der Waals surface area contributed by atoms with Crippen molar-refractivity contribution in [1.82, 2.24) is 10.2 Å². The summed E-state index contributed by atoms with van der Waals surface area (Å²) in [5.41, 5.74) is 4.60. The Balaban J connectivity index is 1.39. The fraction of sp³-hybridized carbons (Fsp3) is 0.444. The molecule has 0 spiro atoms. The van der Waals surface area contributed by atoms with E-state index in [1.807, 2.05) is 38.1 Å². The minimum Gasteiger partial charge on any atom is -0.480 e. The van der Waals surface area contributed by atoms with Crippen molar-refractivity contribution in [2.24, 2.45) is 0 Å². The van der Waals surface area contributed by atoms with E-state index in [9.17, 15) is 19.5 Å². The van der Waals surface area contributed by atoms with Gasteiger partial charge in [0.25, 0.3) is 0 Å². The fourth-order valence-corrected chi connectivity index (χ4v) is 6.20. The van der Waals surface area contributed by atoms with Crippen molar-refractivity contribution < 1.29 is 24.2 Å². The first-order valence-electron chi connectivity index (χ1n) is 12.2. The Kier molecular flexibility index (Phi) is 8.00. The summed E-state index contributed by atoms with van der Waals surface area (Å²) in [6, 6.07) is 15.1. The van der Waals surface area contributed by atoms with Crippen molar-refractivity contribution in [1.29, 1.82) is 0 Å². The van der Waals surface area contributed by atoms with E-state index < -0.39 is 24.1 Å². The molecular formula is C27H32N2O5S. The molecule has 1 aliphatic carbocycles. The highest BCUT2D eigenvalue weighted by Gasteiger charge is 2.40. The van der Waals surface area contributed by atoms with Crippen LogP contribution in [0.1, 0.15) is 56.6 Å². The second-order valence-electron chi connectivity index (χ2n) is 9.10. The summed E-state index contributed by atoms with van der Waals surface area (Å²) in [6.07, 6.45) is 1.89. The van der Waals surface area contributed by atoms with Gasteiger partial charge in [0.1, 0.15) is 12.6 Å². The second-order valence-corrected chi connectivity index (χ2v) is 10.4. The lowest BCUT2D eigenvalue weighted by Gasteiger charge is -2.27. The van der Waals surface area contributed by atoms with Crippen molar-refractivity contribution in [3.63, 3.8) is 0 Å². The predicted octanol–water partition coefficient (Wildman–Crippen LogP) is 4.85. The largest absolute Gasteiger partial charge is 0.480 e. The number of nitrogens with one attached hydrogen (secondary N) is 1. The number of benzene rings is 2. The molecule has 1 aliphatic heterocycles. The van der Waals surface area contributed by atoms with Gasteiger partial charge >= 0.3 is 12.1 Å². The van der Waals surface area contributed by atoms with Crippen LogP contribution >= 0.6 is 11.8 Å². The van der Waals surface area contributed by atoms with Crippen LogP contribution in [-0.2, 0) is 14.3 Å². The first-order valence-corrected chi connectivity index (χ1v) is 13.2. The lowest BCUT2D eigenvalue weighted by molar-refractivity contribution is -0.149. The third-order valence-electron chi connectivity index (χ3n) is 6.79. The lowest BCUT2D eigenvalue weighted by Crippen LogP contribution is -2.47. The Morgan fingerprint density at radius 1 is 1.11 bits per heavy atom. The first kappa shape index (κ1) is 25.1. The van der Waals surface area contributed by atoms with Crippen LogP contribution in [0.2, 0.25) is 0 Å². The van der Waals surface area contributed by atoms with Crippen LogP contribution in [0.25, 0.3) is 11.1 Å². The number of hydrogen-bond donors (Lipinski definition) is 2. The number of unbranched alkanes of at least 4 members (excludes halogenated alkanes) is 1. The standard InChI is InChI=1S/C27H32N2O5S/c1-3-4-9-18(14-25(30)29-17(2)35-16-24(29)26(31)32)28-27(33)34-15-23-21-12-7-5-10-19(21)20-11-6-8-13-22(20)23/h5-8,10-13,17-18,23-24H,3-4,9,14-16H2,1-2H3,(H,28,33)(H,31,32)/t17?,18-,24?/m1/s1. The van der Waals surface area contributed by atoms with E-state index in [0.717, 1.165) is 35.1 Å². The smallest absolute Gasteiger partial charge is 0.407 e. The summed E-state index contributed by atoms with van der Waals surface area (Å²) in [5, 5.41) is 12.2. The quantitative estimate of drug-likeness (QED) is 0.515. The van der Waals surface area contributed by atoms with Crippen LogP contribution in [0.5, 0.6) is 0 Å². The van der Waals surface area contributed by atoms with Gasteiger partial charge in [-0.2, -0.15) is 0 Å². The molecule has 1 fully saturated rings. The van der Waals surface area contributed by atoms with E-state index in [1.165, 1.54) is 16.7 Å². The molecule has 7 nitrogen and oxygen atoms in total. The lowest BCUT2D eigenvalue weighted by atomic mass is 9.98. The maximum absolute atomic E-state index is 13.0. The summed E-state index contributed by atoms with van der Waals surface area (Å²) in [5.74, 6) is -0.913. The minimum atomic E-state index is -0.996. The van der Waals surface area contributed by atoms with E-state index in [-0.39, 0.29) is 30.2 Å². The molecule has 8 heteroatoms. The number of alkyl carbamates (subject to hydrolysis) is 1. The molecule has 2 N–H and O–H groups in total. The van der Waals surface area contributed by atoms with Crippen LogP contribution in [0.15, 0.2) is 48.5 Å². The van der Waals surface area contributed by atoms with Gasteiger partial charge < -0.3 is 20.1 Å². The van der Waals surface area contributed by atoms with Gasteiger partial charge in [-0.1, -0.05) is 68.3 Å². The molecule has 2 amide bonds. The monoisotopic (exact) mass is 496 g/mol. The normalized spacial score (nSPS) is 19.7. The van der Waals surface area contributed by atoms with Crippen LogP contribution in [0.3, 0.4) is 0 Å². The zero-order valence-corrected chi connectivity index (χ0v) is 20.9. The number of carboxylic acid groups (broad SMARTS) is 1. The molecule has 35 heavy (non-hydrogen) atoms. The van der Waals surface area contributed by atoms with Gasteiger partial charge in [0.2, 0.25) is 5.91 Å². The van der Waals surface area contributed by atoms with Crippen LogP contribution in [0.4, 0.5) is 4.79 Å². The SMILES string of the molecule is CCCC[C@H](CC(=O)N1C(C)SCC1C(=O)O)NC(=O)OCC1c2ccccc2-c2ccccc21. The molecule has 186 valence electrons. The molecule has 0 bridgehead atoms. The van der Waals surface area contributed by atoms with Crippen molar-refractivity contribution in [2.75, 3.05) is 12.4 Å². The Bertz CT molecular complexity index is 1050. The summed E-state index contributed by atoms with van der Waals surface area (Å²) < 4.78 is 5.66. The molecule has 2 unspecified atom stereocenters. The number of amides is 2. The Hall–Kier alpha value is -3.00. The number of carbonyl (C=O) groups is 3. The highest BCUT2D eigenvalue weighted by atomic mass is 32.2.